The van der Waals surface area contributed by atoms with E-state index in [1.807, 2.05) is 0 Å². The minimum atomic E-state index is -2.50. The second-order valence-electron chi connectivity index (χ2n) is 11.0. The molecule has 178 valence electrons. The van der Waals surface area contributed by atoms with Crippen LogP contribution >= 0.6 is 0 Å². The number of hydrogen-bond donors (Lipinski definition) is 0. The molecule has 34 heavy (non-hydrogen) atoms. The Balaban J connectivity index is 1.81. The predicted molar refractivity (Wildman–Crippen MR) is 154 cm³/mol. The molecule has 0 aromatic heterocycles. The zero-order chi connectivity index (χ0) is 24.8. The largest absolute Gasteiger partial charge is 0.406 e. The van der Waals surface area contributed by atoms with Gasteiger partial charge in [-0.15, -0.1) is 5.54 Å². The van der Waals surface area contributed by atoms with Crippen molar-refractivity contribution in [1.82, 2.24) is 0 Å². The first-order valence-electron chi connectivity index (χ1n) is 12.1. The summed E-state index contributed by atoms with van der Waals surface area (Å²) in [4.78, 5) is 2.27. The second kappa shape index (κ2) is 10.8. The van der Waals surface area contributed by atoms with Crippen LogP contribution in [0.5, 0.6) is 0 Å². The number of benzene rings is 3. The molecular formula is C30H39NOSi2. The van der Waals surface area contributed by atoms with E-state index in [-0.39, 0.29) is 5.04 Å². The minimum absolute atomic E-state index is 0.00896. The van der Waals surface area contributed by atoms with Crippen molar-refractivity contribution in [2.75, 3.05) is 25.1 Å². The Morgan fingerprint density at radius 1 is 0.765 bits per heavy atom. The SMILES string of the molecule is CN(CCO[Si](c1ccccc1)(c1ccccc1)C(C)(C)C)c1ccc(C#C[Si](C)(C)C)cc1. The first-order chi connectivity index (χ1) is 16.0. The van der Waals surface area contributed by atoms with Gasteiger partial charge in [0.2, 0.25) is 0 Å². The highest BCUT2D eigenvalue weighted by molar-refractivity contribution is 6.99. The van der Waals surface area contributed by atoms with E-state index in [0.717, 1.165) is 12.1 Å². The van der Waals surface area contributed by atoms with Gasteiger partial charge < -0.3 is 9.33 Å². The molecule has 0 saturated heterocycles. The monoisotopic (exact) mass is 485 g/mol. The normalized spacial score (nSPS) is 12.1. The van der Waals surface area contributed by atoms with Gasteiger partial charge in [-0.25, -0.2) is 0 Å². The van der Waals surface area contributed by atoms with Crippen LogP contribution in [0.4, 0.5) is 5.69 Å². The lowest BCUT2D eigenvalue weighted by Gasteiger charge is -2.43. The van der Waals surface area contributed by atoms with E-state index in [1.54, 1.807) is 0 Å². The summed E-state index contributed by atoms with van der Waals surface area (Å²) in [5.41, 5.74) is 5.71. The van der Waals surface area contributed by atoms with Gasteiger partial charge in [0.1, 0.15) is 8.07 Å². The molecule has 3 rings (SSSR count). The van der Waals surface area contributed by atoms with Gasteiger partial charge in [-0.2, -0.15) is 0 Å². The van der Waals surface area contributed by atoms with Crippen molar-refractivity contribution >= 4 is 32.5 Å². The van der Waals surface area contributed by atoms with Gasteiger partial charge in [0.05, 0.1) is 6.61 Å². The summed E-state index contributed by atoms with van der Waals surface area (Å²) in [5, 5.41) is 2.63. The van der Waals surface area contributed by atoms with Crippen LogP contribution in [0.15, 0.2) is 84.9 Å². The Labute approximate surface area is 209 Å². The Morgan fingerprint density at radius 2 is 1.26 bits per heavy atom. The third-order valence-electron chi connectivity index (χ3n) is 6.05. The Hall–Kier alpha value is -2.59. The van der Waals surface area contributed by atoms with Gasteiger partial charge in [0.15, 0.2) is 0 Å². The standard InChI is InChI=1S/C30H39NOSi2/c1-30(2,3)34(28-14-10-8-11-15-28,29-16-12-9-13-17-29)32-24-23-31(4)27-20-18-26(19-21-27)22-25-33(5,6)7/h8-21H,23-24H2,1-7H3. The molecule has 0 fully saturated rings. The van der Waals surface area contributed by atoms with Crippen LogP contribution in [0.25, 0.3) is 0 Å². The van der Waals surface area contributed by atoms with Crippen molar-refractivity contribution in [3.05, 3.63) is 90.5 Å². The van der Waals surface area contributed by atoms with E-state index >= 15 is 0 Å². The maximum absolute atomic E-state index is 7.04. The van der Waals surface area contributed by atoms with Crippen LogP contribution in [0, 0.1) is 11.5 Å². The fourth-order valence-corrected chi connectivity index (χ4v) is 9.36. The highest BCUT2D eigenvalue weighted by Gasteiger charge is 2.50. The smallest absolute Gasteiger partial charge is 0.261 e. The fourth-order valence-electron chi connectivity index (χ4n) is 4.29. The van der Waals surface area contributed by atoms with Crippen LogP contribution in [0.2, 0.25) is 24.7 Å². The fraction of sp³-hybridized carbons (Fsp3) is 0.333. The lowest BCUT2D eigenvalue weighted by molar-refractivity contribution is 0.306. The molecule has 0 bridgehead atoms. The summed E-state index contributed by atoms with van der Waals surface area (Å²) in [6, 6.07) is 30.3. The molecule has 3 aromatic rings. The molecule has 0 spiro atoms. The van der Waals surface area contributed by atoms with Gasteiger partial charge in [-0.3, -0.25) is 0 Å². The Kier molecular flexibility index (Phi) is 8.25. The summed E-state index contributed by atoms with van der Waals surface area (Å²) in [6.07, 6.45) is 0. The molecule has 0 atom stereocenters. The molecule has 0 amide bonds. The summed E-state index contributed by atoms with van der Waals surface area (Å²) < 4.78 is 7.04. The molecule has 0 aliphatic rings. The van der Waals surface area contributed by atoms with E-state index in [0.29, 0.717) is 6.61 Å². The van der Waals surface area contributed by atoms with Crippen LogP contribution in [0.1, 0.15) is 26.3 Å². The average Bonchev–Trinajstić information content (AvgIpc) is 2.80. The molecule has 2 nitrogen and oxygen atoms in total. The molecule has 0 aliphatic heterocycles. The number of hydrogen-bond acceptors (Lipinski definition) is 2. The second-order valence-corrected chi connectivity index (χ2v) is 20.0. The lowest BCUT2D eigenvalue weighted by Crippen LogP contribution is -2.67. The van der Waals surface area contributed by atoms with Crippen molar-refractivity contribution in [3.8, 4) is 11.5 Å². The average molecular weight is 486 g/mol. The summed E-state index contributed by atoms with van der Waals surface area (Å²) in [7, 11) is -1.73. The molecule has 0 unspecified atom stereocenters. The molecular weight excluding hydrogens is 447 g/mol. The van der Waals surface area contributed by atoms with Crippen molar-refractivity contribution in [2.45, 2.75) is 45.5 Å². The number of rotatable bonds is 7. The number of nitrogens with zero attached hydrogens (tertiary/aromatic N) is 1. The van der Waals surface area contributed by atoms with E-state index < -0.39 is 16.4 Å². The Morgan fingerprint density at radius 3 is 1.71 bits per heavy atom. The molecule has 0 saturated carbocycles. The van der Waals surface area contributed by atoms with E-state index in [1.165, 1.54) is 16.1 Å². The Bertz CT molecular complexity index is 1060. The maximum atomic E-state index is 7.04. The number of likely N-dealkylation sites (N-methyl/N-ethyl adjacent to an activating group) is 1. The number of anilines is 1. The van der Waals surface area contributed by atoms with Crippen molar-refractivity contribution < 1.29 is 4.43 Å². The highest BCUT2D eigenvalue weighted by atomic mass is 28.4. The summed E-state index contributed by atoms with van der Waals surface area (Å²) in [5.74, 6) is 3.34. The van der Waals surface area contributed by atoms with E-state index in [2.05, 4.69) is 149 Å². The lowest BCUT2D eigenvalue weighted by atomic mass is 10.2. The summed E-state index contributed by atoms with van der Waals surface area (Å²) in [6.45, 7) is 15.3. The molecule has 0 aliphatic carbocycles. The third kappa shape index (κ3) is 6.30. The molecule has 0 N–H and O–H groups in total. The molecule has 3 aromatic carbocycles. The zero-order valence-electron chi connectivity index (χ0n) is 21.9. The van der Waals surface area contributed by atoms with Gasteiger partial charge in [-0.05, 0) is 39.7 Å². The third-order valence-corrected chi connectivity index (χ3v) is 12.0. The van der Waals surface area contributed by atoms with Crippen molar-refractivity contribution in [2.24, 2.45) is 0 Å². The molecule has 0 radical (unpaired) electrons. The highest BCUT2D eigenvalue weighted by Crippen LogP contribution is 2.36. The summed E-state index contributed by atoms with van der Waals surface area (Å²) >= 11 is 0. The van der Waals surface area contributed by atoms with Crippen LogP contribution in [-0.4, -0.2) is 36.6 Å². The first-order valence-corrected chi connectivity index (χ1v) is 17.5. The van der Waals surface area contributed by atoms with Crippen LogP contribution in [-0.2, 0) is 4.43 Å². The van der Waals surface area contributed by atoms with Crippen molar-refractivity contribution in [1.29, 1.82) is 0 Å². The minimum Gasteiger partial charge on any atom is -0.406 e. The zero-order valence-corrected chi connectivity index (χ0v) is 23.9. The van der Waals surface area contributed by atoms with E-state index in [4.69, 9.17) is 4.43 Å². The predicted octanol–water partition coefficient (Wildman–Crippen LogP) is 5.93. The van der Waals surface area contributed by atoms with Gasteiger partial charge in [-0.1, -0.05) is 107 Å². The maximum Gasteiger partial charge on any atom is 0.261 e. The van der Waals surface area contributed by atoms with E-state index in [9.17, 15) is 0 Å². The van der Waals surface area contributed by atoms with Crippen LogP contribution in [0.3, 0.4) is 0 Å². The quantitative estimate of drug-likeness (QED) is 0.304. The first kappa shape index (κ1) is 26.0. The molecule has 4 heteroatoms. The topological polar surface area (TPSA) is 12.5 Å². The molecule has 0 heterocycles. The van der Waals surface area contributed by atoms with Gasteiger partial charge in [0, 0.05) is 24.8 Å². The van der Waals surface area contributed by atoms with Crippen molar-refractivity contribution in [3.63, 3.8) is 0 Å². The van der Waals surface area contributed by atoms with Gasteiger partial charge in [0.25, 0.3) is 8.32 Å². The van der Waals surface area contributed by atoms with Gasteiger partial charge >= 0.3 is 0 Å². The van der Waals surface area contributed by atoms with Crippen LogP contribution < -0.4 is 15.3 Å².